The van der Waals surface area contributed by atoms with Crippen LogP contribution in [0.4, 0.5) is 24.5 Å². The number of rotatable bonds is 3. The zero-order valence-electron chi connectivity index (χ0n) is 12.3. The smallest absolute Gasteiger partial charge is 0.489 e. The van der Waals surface area contributed by atoms with E-state index in [0.717, 1.165) is 17.8 Å². The van der Waals surface area contributed by atoms with Crippen LogP contribution in [0.5, 0.6) is 11.5 Å². The van der Waals surface area contributed by atoms with Crippen molar-refractivity contribution in [1.82, 2.24) is 0 Å². The summed E-state index contributed by atoms with van der Waals surface area (Å²) >= 11 is 0. The Morgan fingerprint density at radius 2 is 1.92 bits per heavy atom. The molecule has 0 radical (unpaired) electrons. The predicted molar refractivity (Wildman–Crippen MR) is 81.5 cm³/mol. The van der Waals surface area contributed by atoms with Crippen LogP contribution in [0.15, 0.2) is 42.5 Å². The zero-order valence-corrected chi connectivity index (χ0v) is 12.3. The number of carbonyl (C=O) groups excluding carboxylic acids is 1. The van der Waals surface area contributed by atoms with E-state index >= 15 is 0 Å². The van der Waals surface area contributed by atoms with Gasteiger partial charge in [-0.2, -0.15) is 0 Å². The van der Waals surface area contributed by atoms with E-state index in [9.17, 15) is 18.0 Å². The molecular weight excluding hydrogens is 325 g/mol. The first-order valence-electron chi connectivity index (χ1n) is 7.09. The molecule has 0 saturated carbocycles. The molecule has 0 atom stereocenters. The van der Waals surface area contributed by atoms with Crippen molar-refractivity contribution < 1.29 is 27.4 Å². The number of hydrogen-bond donors (Lipinski definition) is 2. The van der Waals surface area contributed by atoms with Crippen molar-refractivity contribution in [2.75, 3.05) is 23.8 Å². The summed E-state index contributed by atoms with van der Waals surface area (Å²) in [6.45, 7) is 1.10. The van der Waals surface area contributed by atoms with Crippen molar-refractivity contribution in [3.8, 4) is 11.5 Å². The number of para-hydroxylation sites is 1. The molecule has 2 aromatic carbocycles. The van der Waals surface area contributed by atoms with Gasteiger partial charge in [0.05, 0.1) is 11.3 Å². The van der Waals surface area contributed by atoms with E-state index in [1.807, 2.05) is 0 Å². The summed E-state index contributed by atoms with van der Waals surface area (Å²) in [6.07, 6.45) is -4.75. The molecule has 24 heavy (non-hydrogen) atoms. The van der Waals surface area contributed by atoms with Gasteiger partial charge in [0.15, 0.2) is 5.75 Å². The molecule has 1 aliphatic heterocycles. The first kappa shape index (κ1) is 16.0. The second kappa shape index (κ2) is 6.31. The second-order valence-corrected chi connectivity index (χ2v) is 4.98. The largest absolute Gasteiger partial charge is 0.573 e. The Hall–Kier alpha value is -2.90. The Morgan fingerprint density at radius 1 is 1.17 bits per heavy atom. The third-order valence-corrected chi connectivity index (χ3v) is 3.27. The van der Waals surface area contributed by atoms with Crippen LogP contribution in [-0.4, -0.2) is 25.4 Å². The number of fused-ring (bicyclic) bond motifs is 1. The summed E-state index contributed by atoms with van der Waals surface area (Å²) in [6, 6.07) is 10.0. The minimum Gasteiger partial charge on any atom is -0.489 e. The third-order valence-electron chi connectivity index (χ3n) is 3.27. The summed E-state index contributed by atoms with van der Waals surface area (Å²) in [5, 5.41) is 5.74. The maximum absolute atomic E-state index is 12.4. The Morgan fingerprint density at radius 3 is 2.62 bits per heavy atom. The van der Waals surface area contributed by atoms with Crippen LogP contribution < -0.4 is 20.1 Å². The first-order chi connectivity index (χ1) is 11.4. The Kier molecular flexibility index (Phi) is 4.20. The van der Waals surface area contributed by atoms with Gasteiger partial charge in [-0.05, 0) is 36.4 Å². The van der Waals surface area contributed by atoms with Crippen molar-refractivity contribution >= 4 is 17.3 Å². The summed E-state index contributed by atoms with van der Waals surface area (Å²) in [5.74, 6) is -0.316. The fraction of sp³-hybridized carbons (Fsp3) is 0.188. The van der Waals surface area contributed by atoms with E-state index in [1.54, 1.807) is 18.2 Å². The normalized spacial score (nSPS) is 13.3. The number of hydrogen-bond acceptors (Lipinski definition) is 4. The molecule has 0 bridgehead atoms. The SMILES string of the molecule is O=C(Nc1ccc(OC(F)(F)F)cc1)c1cccc2c1OCCN2. The van der Waals surface area contributed by atoms with Crippen LogP contribution in [0.1, 0.15) is 10.4 Å². The molecular formula is C16H13F3N2O3. The Bertz CT molecular complexity index is 745. The van der Waals surface area contributed by atoms with Gasteiger partial charge >= 0.3 is 6.36 Å². The molecule has 0 aliphatic carbocycles. The maximum atomic E-state index is 12.4. The summed E-state index contributed by atoms with van der Waals surface area (Å²) in [5.41, 5.74) is 1.41. The van der Waals surface area contributed by atoms with E-state index < -0.39 is 12.3 Å². The summed E-state index contributed by atoms with van der Waals surface area (Å²) in [4.78, 5) is 12.4. The summed E-state index contributed by atoms with van der Waals surface area (Å²) in [7, 11) is 0. The van der Waals surface area contributed by atoms with Crippen LogP contribution in [0.3, 0.4) is 0 Å². The molecule has 1 aliphatic rings. The Balaban J connectivity index is 1.74. The highest BCUT2D eigenvalue weighted by molar-refractivity contribution is 6.07. The molecule has 2 aromatic rings. The third kappa shape index (κ3) is 3.70. The summed E-state index contributed by atoms with van der Waals surface area (Å²) < 4.78 is 45.7. The number of nitrogens with one attached hydrogen (secondary N) is 2. The fourth-order valence-electron chi connectivity index (χ4n) is 2.29. The van der Waals surface area contributed by atoms with E-state index in [-0.39, 0.29) is 5.75 Å². The lowest BCUT2D eigenvalue weighted by atomic mass is 10.1. The van der Waals surface area contributed by atoms with Gasteiger partial charge in [0.1, 0.15) is 12.4 Å². The molecule has 0 unspecified atom stereocenters. The molecule has 1 amide bonds. The van der Waals surface area contributed by atoms with Crippen LogP contribution in [-0.2, 0) is 0 Å². The average Bonchev–Trinajstić information content (AvgIpc) is 2.55. The predicted octanol–water partition coefficient (Wildman–Crippen LogP) is 3.64. The highest BCUT2D eigenvalue weighted by Crippen LogP contribution is 2.32. The van der Waals surface area contributed by atoms with E-state index in [0.29, 0.717) is 30.2 Å². The average molecular weight is 338 g/mol. The van der Waals surface area contributed by atoms with Crippen molar-refractivity contribution in [2.45, 2.75) is 6.36 Å². The molecule has 0 spiro atoms. The van der Waals surface area contributed by atoms with Crippen LogP contribution in [0, 0.1) is 0 Å². The minimum absolute atomic E-state index is 0.343. The highest BCUT2D eigenvalue weighted by atomic mass is 19.4. The molecule has 3 rings (SSSR count). The number of ether oxygens (including phenoxy) is 2. The number of benzene rings is 2. The van der Waals surface area contributed by atoms with Crippen molar-refractivity contribution in [2.24, 2.45) is 0 Å². The number of anilines is 2. The van der Waals surface area contributed by atoms with Gasteiger partial charge in [0.25, 0.3) is 5.91 Å². The van der Waals surface area contributed by atoms with Gasteiger partial charge in [-0.1, -0.05) is 6.07 Å². The monoisotopic (exact) mass is 338 g/mol. The molecule has 126 valence electrons. The van der Waals surface area contributed by atoms with Crippen molar-refractivity contribution in [1.29, 1.82) is 0 Å². The lowest BCUT2D eigenvalue weighted by molar-refractivity contribution is -0.274. The minimum atomic E-state index is -4.75. The lowest BCUT2D eigenvalue weighted by Gasteiger charge is -2.21. The molecule has 5 nitrogen and oxygen atoms in total. The van der Waals surface area contributed by atoms with Gasteiger partial charge in [-0.3, -0.25) is 4.79 Å². The Labute approximate surface area is 135 Å². The lowest BCUT2D eigenvalue weighted by Crippen LogP contribution is -2.21. The van der Waals surface area contributed by atoms with Crippen molar-refractivity contribution in [3.05, 3.63) is 48.0 Å². The molecule has 2 N–H and O–H groups in total. The molecule has 0 aromatic heterocycles. The topological polar surface area (TPSA) is 59.6 Å². The number of alkyl halides is 3. The zero-order chi connectivity index (χ0) is 17.2. The van der Waals surface area contributed by atoms with Gasteiger partial charge in [-0.15, -0.1) is 13.2 Å². The second-order valence-electron chi connectivity index (χ2n) is 4.98. The van der Waals surface area contributed by atoms with Crippen LogP contribution >= 0.6 is 0 Å². The van der Waals surface area contributed by atoms with Gasteiger partial charge < -0.3 is 20.1 Å². The van der Waals surface area contributed by atoms with E-state index in [4.69, 9.17) is 4.74 Å². The van der Waals surface area contributed by atoms with Gasteiger partial charge in [-0.25, -0.2) is 0 Å². The first-order valence-corrected chi connectivity index (χ1v) is 7.09. The standard InChI is InChI=1S/C16H13F3N2O3/c17-16(18,19)24-11-6-4-10(5-7-11)21-15(22)12-2-1-3-13-14(12)23-9-8-20-13/h1-7,20H,8-9H2,(H,21,22). The number of carbonyl (C=O) groups is 1. The van der Waals surface area contributed by atoms with E-state index in [1.165, 1.54) is 12.1 Å². The maximum Gasteiger partial charge on any atom is 0.573 e. The molecule has 8 heteroatoms. The molecule has 0 fully saturated rings. The number of halogens is 3. The van der Waals surface area contributed by atoms with Gasteiger partial charge in [0.2, 0.25) is 0 Å². The van der Waals surface area contributed by atoms with E-state index in [2.05, 4.69) is 15.4 Å². The fourth-order valence-corrected chi connectivity index (χ4v) is 2.29. The van der Waals surface area contributed by atoms with Crippen LogP contribution in [0.2, 0.25) is 0 Å². The molecule has 0 saturated heterocycles. The number of amides is 1. The highest BCUT2D eigenvalue weighted by Gasteiger charge is 2.31. The molecule has 1 heterocycles. The van der Waals surface area contributed by atoms with Crippen molar-refractivity contribution in [3.63, 3.8) is 0 Å². The van der Waals surface area contributed by atoms with Crippen LogP contribution in [0.25, 0.3) is 0 Å². The van der Waals surface area contributed by atoms with Gasteiger partial charge in [0, 0.05) is 12.2 Å². The quantitative estimate of drug-likeness (QED) is 0.897.